The van der Waals surface area contributed by atoms with Crippen molar-refractivity contribution in [1.29, 1.82) is 0 Å². The lowest BCUT2D eigenvalue weighted by molar-refractivity contribution is 0.395. The van der Waals surface area contributed by atoms with Crippen LogP contribution in [0.1, 0.15) is 35.1 Å². The summed E-state index contributed by atoms with van der Waals surface area (Å²) in [5.74, 6) is 2.30. The van der Waals surface area contributed by atoms with Crippen molar-refractivity contribution in [1.82, 2.24) is 5.32 Å². The van der Waals surface area contributed by atoms with Crippen LogP contribution in [0.25, 0.3) is 0 Å². The Morgan fingerprint density at radius 3 is 2.57 bits per heavy atom. The van der Waals surface area contributed by atoms with Crippen molar-refractivity contribution in [2.24, 2.45) is 5.92 Å². The second-order valence-corrected chi connectivity index (χ2v) is 5.93. The normalized spacial score (nSPS) is 21.9. The van der Waals surface area contributed by atoms with Crippen LogP contribution < -0.4 is 10.1 Å². The van der Waals surface area contributed by atoms with E-state index in [1.54, 1.807) is 7.11 Å². The third-order valence-electron chi connectivity index (χ3n) is 4.53. The quantitative estimate of drug-likeness (QED) is 0.892. The van der Waals surface area contributed by atoms with Crippen LogP contribution in [-0.2, 0) is 0 Å². The minimum atomic E-state index is 0.353. The topological polar surface area (TPSA) is 21.3 Å². The van der Waals surface area contributed by atoms with Crippen molar-refractivity contribution in [3.05, 3.63) is 65.2 Å². The van der Waals surface area contributed by atoms with Crippen molar-refractivity contribution in [2.75, 3.05) is 14.2 Å². The molecular weight excluding hydrogens is 258 g/mol. The predicted octanol–water partition coefficient (Wildman–Crippen LogP) is 4.07. The number of aryl methyl sites for hydroxylation is 1. The van der Waals surface area contributed by atoms with Crippen molar-refractivity contribution in [2.45, 2.75) is 25.3 Å². The van der Waals surface area contributed by atoms with Gasteiger partial charge < -0.3 is 10.1 Å². The van der Waals surface area contributed by atoms with E-state index in [1.807, 2.05) is 7.05 Å². The first kappa shape index (κ1) is 14.2. The molecule has 0 aliphatic heterocycles. The van der Waals surface area contributed by atoms with E-state index >= 15 is 0 Å². The van der Waals surface area contributed by atoms with Gasteiger partial charge in [0, 0.05) is 11.6 Å². The van der Waals surface area contributed by atoms with E-state index in [0.29, 0.717) is 17.9 Å². The van der Waals surface area contributed by atoms with Crippen LogP contribution in [-0.4, -0.2) is 14.2 Å². The summed E-state index contributed by atoms with van der Waals surface area (Å²) in [6, 6.07) is 17.7. The lowest BCUT2D eigenvalue weighted by Crippen LogP contribution is -2.20. The van der Waals surface area contributed by atoms with Gasteiger partial charge in [-0.1, -0.05) is 42.5 Å². The molecule has 0 bridgehead atoms. The van der Waals surface area contributed by atoms with Gasteiger partial charge in [0.25, 0.3) is 0 Å². The first-order valence-corrected chi connectivity index (χ1v) is 7.61. The Kier molecular flexibility index (Phi) is 3.98. The molecule has 110 valence electrons. The van der Waals surface area contributed by atoms with Gasteiger partial charge in [0.05, 0.1) is 7.11 Å². The Hall–Kier alpha value is -1.80. The Labute approximate surface area is 127 Å². The van der Waals surface area contributed by atoms with Gasteiger partial charge in [0.2, 0.25) is 0 Å². The molecule has 2 heteroatoms. The standard InChI is InChI=1S/C19H23NO/c1-13-9-10-15(18(11-13)21-3)19(20-2)17-12-16(17)14-7-5-4-6-8-14/h4-11,16-17,19-20H,12H2,1-3H3. The van der Waals surface area contributed by atoms with Gasteiger partial charge in [-0.25, -0.2) is 0 Å². The Morgan fingerprint density at radius 2 is 1.90 bits per heavy atom. The van der Waals surface area contributed by atoms with Crippen molar-refractivity contribution < 1.29 is 4.74 Å². The number of hydrogen-bond acceptors (Lipinski definition) is 2. The van der Waals surface area contributed by atoms with E-state index in [-0.39, 0.29) is 0 Å². The molecule has 1 aliphatic rings. The number of rotatable bonds is 5. The fourth-order valence-corrected chi connectivity index (χ4v) is 3.34. The van der Waals surface area contributed by atoms with Crippen molar-refractivity contribution in [3.8, 4) is 5.75 Å². The van der Waals surface area contributed by atoms with E-state index < -0.39 is 0 Å². The second kappa shape index (κ2) is 5.90. The summed E-state index contributed by atoms with van der Waals surface area (Å²) in [7, 11) is 3.80. The Balaban J connectivity index is 1.84. The van der Waals surface area contributed by atoms with E-state index in [4.69, 9.17) is 4.74 Å². The van der Waals surface area contributed by atoms with Crippen LogP contribution >= 0.6 is 0 Å². The van der Waals surface area contributed by atoms with Crippen molar-refractivity contribution in [3.63, 3.8) is 0 Å². The summed E-state index contributed by atoms with van der Waals surface area (Å²) in [5, 5.41) is 3.49. The molecule has 2 aromatic rings. The average molecular weight is 281 g/mol. The fourth-order valence-electron chi connectivity index (χ4n) is 3.34. The van der Waals surface area contributed by atoms with Crippen LogP contribution in [0, 0.1) is 12.8 Å². The zero-order valence-corrected chi connectivity index (χ0v) is 13.0. The summed E-state index contributed by atoms with van der Waals surface area (Å²) in [6.45, 7) is 2.10. The average Bonchev–Trinajstić information content (AvgIpc) is 3.30. The van der Waals surface area contributed by atoms with E-state index in [1.165, 1.54) is 23.1 Å². The molecule has 21 heavy (non-hydrogen) atoms. The first-order chi connectivity index (χ1) is 10.2. The molecule has 0 heterocycles. The minimum Gasteiger partial charge on any atom is -0.496 e. The monoisotopic (exact) mass is 281 g/mol. The molecular formula is C19H23NO. The van der Waals surface area contributed by atoms with E-state index in [9.17, 15) is 0 Å². The molecule has 1 saturated carbocycles. The van der Waals surface area contributed by atoms with E-state index in [0.717, 1.165) is 5.75 Å². The van der Waals surface area contributed by atoms with Gasteiger partial charge >= 0.3 is 0 Å². The summed E-state index contributed by atoms with van der Waals surface area (Å²) in [6.07, 6.45) is 1.24. The molecule has 3 atom stereocenters. The van der Waals surface area contributed by atoms with Gasteiger partial charge in [-0.2, -0.15) is 0 Å². The van der Waals surface area contributed by atoms with Gasteiger partial charge in [-0.3, -0.25) is 0 Å². The summed E-state index contributed by atoms with van der Waals surface area (Å²) >= 11 is 0. The fraction of sp³-hybridized carbons (Fsp3) is 0.368. The number of hydrogen-bond donors (Lipinski definition) is 1. The molecule has 0 radical (unpaired) electrons. The first-order valence-electron chi connectivity index (χ1n) is 7.61. The number of benzene rings is 2. The lowest BCUT2D eigenvalue weighted by Gasteiger charge is -2.20. The summed E-state index contributed by atoms with van der Waals surface area (Å²) in [5.41, 5.74) is 3.96. The van der Waals surface area contributed by atoms with Gasteiger partial charge in [0.15, 0.2) is 0 Å². The third-order valence-corrected chi connectivity index (χ3v) is 4.53. The highest BCUT2D eigenvalue weighted by Gasteiger charge is 2.44. The smallest absolute Gasteiger partial charge is 0.123 e. The predicted molar refractivity (Wildman–Crippen MR) is 86.8 cm³/mol. The molecule has 3 unspecified atom stereocenters. The minimum absolute atomic E-state index is 0.353. The zero-order chi connectivity index (χ0) is 14.8. The van der Waals surface area contributed by atoms with Gasteiger partial charge in [-0.15, -0.1) is 0 Å². The molecule has 3 rings (SSSR count). The van der Waals surface area contributed by atoms with Crippen LogP contribution in [0.5, 0.6) is 5.75 Å². The highest BCUT2D eigenvalue weighted by atomic mass is 16.5. The van der Waals surface area contributed by atoms with Crippen LogP contribution in [0.3, 0.4) is 0 Å². The largest absolute Gasteiger partial charge is 0.496 e. The molecule has 1 aliphatic carbocycles. The Morgan fingerprint density at radius 1 is 1.14 bits per heavy atom. The maximum Gasteiger partial charge on any atom is 0.123 e. The molecule has 0 aromatic heterocycles. The SMILES string of the molecule is CNC(c1ccc(C)cc1OC)C1CC1c1ccccc1. The molecule has 2 nitrogen and oxygen atoms in total. The zero-order valence-electron chi connectivity index (χ0n) is 13.0. The van der Waals surface area contributed by atoms with Crippen molar-refractivity contribution >= 4 is 0 Å². The molecule has 1 fully saturated rings. The van der Waals surface area contributed by atoms with Gasteiger partial charge in [0.1, 0.15) is 5.75 Å². The number of ether oxygens (including phenoxy) is 1. The van der Waals surface area contributed by atoms with Crippen LogP contribution in [0.15, 0.2) is 48.5 Å². The molecule has 0 spiro atoms. The Bertz CT molecular complexity index is 608. The lowest BCUT2D eigenvalue weighted by atomic mass is 9.97. The van der Waals surface area contributed by atoms with E-state index in [2.05, 4.69) is 60.8 Å². The maximum absolute atomic E-state index is 5.59. The van der Waals surface area contributed by atoms with Crippen LogP contribution in [0.4, 0.5) is 0 Å². The summed E-state index contributed by atoms with van der Waals surface area (Å²) in [4.78, 5) is 0. The third kappa shape index (κ3) is 2.81. The highest BCUT2D eigenvalue weighted by molar-refractivity contribution is 5.41. The molecule has 1 N–H and O–H groups in total. The van der Waals surface area contributed by atoms with Gasteiger partial charge in [-0.05, 0) is 49.4 Å². The maximum atomic E-state index is 5.59. The summed E-state index contributed by atoms with van der Waals surface area (Å²) < 4.78 is 5.59. The number of methoxy groups -OCH3 is 1. The number of nitrogens with one attached hydrogen (secondary N) is 1. The second-order valence-electron chi connectivity index (χ2n) is 5.93. The molecule has 0 amide bonds. The van der Waals surface area contributed by atoms with Crippen LogP contribution in [0.2, 0.25) is 0 Å². The highest BCUT2D eigenvalue weighted by Crippen LogP contribution is 2.54. The molecule has 2 aromatic carbocycles. The molecule has 0 saturated heterocycles.